The van der Waals surface area contributed by atoms with E-state index in [4.69, 9.17) is 9.47 Å². The Labute approximate surface area is 112 Å². The molecule has 6 heteroatoms. The second-order valence-electron chi connectivity index (χ2n) is 4.43. The number of hydrogen-bond donors (Lipinski definition) is 0. The molecule has 1 aliphatic rings. The van der Waals surface area contributed by atoms with Gasteiger partial charge in [0.25, 0.3) is 0 Å². The molecule has 0 spiro atoms. The van der Waals surface area contributed by atoms with Crippen LogP contribution in [0.4, 0.5) is 5.82 Å². The van der Waals surface area contributed by atoms with Gasteiger partial charge in [-0.2, -0.15) is 0 Å². The van der Waals surface area contributed by atoms with Crippen molar-refractivity contribution in [2.45, 2.75) is 25.9 Å². The highest BCUT2D eigenvalue weighted by molar-refractivity contribution is 5.94. The Morgan fingerprint density at radius 3 is 3.11 bits per heavy atom. The third kappa shape index (κ3) is 3.20. The fourth-order valence-electron chi connectivity index (χ4n) is 2.23. The molecule has 1 fully saturated rings. The van der Waals surface area contributed by atoms with Crippen LogP contribution in [0.2, 0.25) is 0 Å². The van der Waals surface area contributed by atoms with E-state index >= 15 is 0 Å². The van der Waals surface area contributed by atoms with Crippen LogP contribution in [0.3, 0.4) is 0 Å². The molecule has 0 amide bonds. The molecule has 0 aromatic carbocycles. The van der Waals surface area contributed by atoms with Crippen LogP contribution >= 0.6 is 0 Å². The fourth-order valence-corrected chi connectivity index (χ4v) is 2.23. The Hall–Kier alpha value is -1.69. The van der Waals surface area contributed by atoms with E-state index in [1.54, 1.807) is 0 Å². The summed E-state index contributed by atoms with van der Waals surface area (Å²) in [6.45, 7) is 4.33. The lowest BCUT2D eigenvalue weighted by Gasteiger charge is -2.26. The first-order valence-electron chi connectivity index (χ1n) is 6.51. The number of hydrogen-bond acceptors (Lipinski definition) is 6. The normalized spacial score (nSPS) is 18.3. The number of likely N-dealkylation sites (N-methyl/N-ethyl adjacent to an activating group) is 1. The zero-order chi connectivity index (χ0) is 13.7. The molecule has 2 rings (SSSR count). The minimum Gasteiger partial charge on any atom is -0.465 e. The van der Waals surface area contributed by atoms with Crippen molar-refractivity contribution >= 4 is 11.8 Å². The number of carbonyl (C=O) groups excluding carboxylic acids is 1. The Morgan fingerprint density at radius 1 is 1.63 bits per heavy atom. The molecule has 19 heavy (non-hydrogen) atoms. The van der Waals surface area contributed by atoms with Gasteiger partial charge in [-0.05, 0) is 19.8 Å². The van der Waals surface area contributed by atoms with Crippen LogP contribution in [0.5, 0.6) is 0 Å². The van der Waals surface area contributed by atoms with Gasteiger partial charge in [0.05, 0.1) is 13.2 Å². The van der Waals surface area contributed by atoms with Crippen molar-refractivity contribution in [3.05, 3.63) is 18.1 Å². The van der Waals surface area contributed by atoms with E-state index in [2.05, 4.69) is 9.97 Å². The van der Waals surface area contributed by atoms with Gasteiger partial charge >= 0.3 is 5.97 Å². The zero-order valence-electron chi connectivity index (χ0n) is 11.3. The minimum atomic E-state index is -0.415. The number of anilines is 1. The van der Waals surface area contributed by atoms with Gasteiger partial charge in [-0.3, -0.25) is 0 Å². The van der Waals surface area contributed by atoms with Crippen molar-refractivity contribution in [1.82, 2.24) is 9.97 Å². The molecule has 2 heterocycles. The molecule has 1 saturated heterocycles. The van der Waals surface area contributed by atoms with Crippen LogP contribution in [0.25, 0.3) is 0 Å². The molecule has 0 bridgehead atoms. The van der Waals surface area contributed by atoms with Gasteiger partial charge < -0.3 is 14.4 Å². The van der Waals surface area contributed by atoms with Gasteiger partial charge in [-0.25, -0.2) is 14.8 Å². The number of esters is 1. The lowest BCUT2D eigenvalue weighted by atomic mass is 10.2. The summed E-state index contributed by atoms with van der Waals surface area (Å²) >= 11 is 0. The van der Waals surface area contributed by atoms with Crippen molar-refractivity contribution in [1.29, 1.82) is 0 Å². The Kier molecular flexibility index (Phi) is 4.68. The zero-order valence-corrected chi connectivity index (χ0v) is 11.3. The smallest absolute Gasteiger partial charge is 0.343 e. The summed E-state index contributed by atoms with van der Waals surface area (Å²) in [7, 11) is 1.36. The molecule has 1 aliphatic heterocycles. The molecule has 1 unspecified atom stereocenters. The van der Waals surface area contributed by atoms with E-state index in [-0.39, 0.29) is 6.10 Å². The van der Waals surface area contributed by atoms with Crippen molar-refractivity contribution in [2.75, 3.05) is 31.7 Å². The highest BCUT2D eigenvalue weighted by Crippen LogP contribution is 2.20. The first-order chi connectivity index (χ1) is 9.26. The summed E-state index contributed by atoms with van der Waals surface area (Å²) in [4.78, 5) is 21.9. The van der Waals surface area contributed by atoms with Crippen molar-refractivity contribution < 1.29 is 14.3 Å². The van der Waals surface area contributed by atoms with E-state index in [9.17, 15) is 4.79 Å². The molecule has 1 atom stereocenters. The Bertz CT molecular complexity index is 433. The highest BCUT2D eigenvalue weighted by Gasteiger charge is 2.23. The van der Waals surface area contributed by atoms with Crippen molar-refractivity contribution in [3.63, 3.8) is 0 Å². The molecule has 0 aliphatic carbocycles. The molecular weight excluding hydrogens is 246 g/mol. The summed E-state index contributed by atoms with van der Waals surface area (Å²) < 4.78 is 10.4. The van der Waals surface area contributed by atoms with Crippen LogP contribution in [0.15, 0.2) is 12.5 Å². The predicted octanol–water partition coefficient (Wildman–Crippen LogP) is 1.27. The van der Waals surface area contributed by atoms with Crippen molar-refractivity contribution in [2.24, 2.45) is 0 Å². The molecule has 1 aromatic rings. The molecule has 104 valence electrons. The second kappa shape index (κ2) is 6.47. The lowest BCUT2D eigenvalue weighted by Crippen LogP contribution is -2.34. The van der Waals surface area contributed by atoms with Gasteiger partial charge in [-0.1, -0.05) is 0 Å². The predicted molar refractivity (Wildman–Crippen MR) is 70.2 cm³/mol. The van der Waals surface area contributed by atoms with E-state index in [1.807, 2.05) is 11.8 Å². The van der Waals surface area contributed by atoms with Gasteiger partial charge in [0.15, 0.2) is 0 Å². The average molecular weight is 265 g/mol. The summed E-state index contributed by atoms with van der Waals surface area (Å²) in [6.07, 6.45) is 5.29. The van der Waals surface area contributed by atoms with E-state index in [0.29, 0.717) is 11.4 Å². The Morgan fingerprint density at radius 2 is 2.47 bits per heavy atom. The summed E-state index contributed by atoms with van der Waals surface area (Å²) in [6, 6.07) is 0. The van der Waals surface area contributed by atoms with Gasteiger partial charge in [0.1, 0.15) is 17.7 Å². The largest absolute Gasteiger partial charge is 0.465 e. The monoisotopic (exact) mass is 265 g/mol. The number of rotatable bonds is 5. The van der Waals surface area contributed by atoms with Crippen LogP contribution < -0.4 is 4.90 Å². The molecule has 0 saturated carbocycles. The maximum Gasteiger partial charge on any atom is 0.343 e. The summed E-state index contributed by atoms with van der Waals surface area (Å²) in [5.41, 5.74) is 0.393. The number of nitrogens with zero attached hydrogens (tertiary/aromatic N) is 3. The molecule has 0 N–H and O–H groups in total. The van der Waals surface area contributed by atoms with Crippen LogP contribution in [-0.2, 0) is 9.47 Å². The van der Waals surface area contributed by atoms with Gasteiger partial charge in [0.2, 0.25) is 0 Å². The minimum absolute atomic E-state index is 0.209. The average Bonchev–Trinajstić information content (AvgIpc) is 2.97. The highest BCUT2D eigenvalue weighted by atomic mass is 16.5. The SMILES string of the molecule is CCN(CC1CCCO1)c1ncncc1C(=O)OC. The van der Waals surface area contributed by atoms with E-state index in [1.165, 1.54) is 19.6 Å². The van der Waals surface area contributed by atoms with Gasteiger partial charge in [-0.15, -0.1) is 0 Å². The number of carbonyl (C=O) groups is 1. The molecular formula is C13H19N3O3. The van der Waals surface area contributed by atoms with Crippen molar-refractivity contribution in [3.8, 4) is 0 Å². The molecule has 1 aromatic heterocycles. The molecule has 0 radical (unpaired) electrons. The number of aromatic nitrogens is 2. The fraction of sp³-hybridized carbons (Fsp3) is 0.615. The second-order valence-corrected chi connectivity index (χ2v) is 4.43. The third-order valence-corrected chi connectivity index (χ3v) is 3.23. The van der Waals surface area contributed by atoms with E-state index in [0.717, 1.165) is 32.5 Å². The number of methoxy groups -OCH3 is 1. The van der Waals surface area contributed by atoms with Crippen LogP contribution in [0, 0.1) is 0 Å². The maximum absolute atomic E-state index is 11.7. The topological polar surface area (TPSA) is 64.5 Å². The first-order valence-corrected chi connectivity index (χ1v) is 6.51. The summed E-state index contributed by atoms with van der Waals surface area (Å²) in [5, 5.41) is 0. The van der Waals surface area contributed by atoms with Gasteiger partial charge in [0, 0.05) is 25.9 Å². The molecule has 6 nitrogen and oxygen atoms in total. The maximum atomic E-state index is 11.7. The van der Waals surface area contributed by atoms with E-state index < -0.39 is 5.97 Å². The summed E-state index contributed by atoms with van der Waals surface area (Å²) in [5.74, 6) is 0.196. The van der Waals surface area contributed by atoms with Crippen LogP contribution in [0.1, 0.15) is 30.1 Å². The van der Waals surface area contributed by atoms with Crippen LogP contribution in [-0.4, -0.2) is 48.8 Å². The Balaban J connectivity index is 2.19. The lowest BCUT2D eigenvalue weighted by molar-refractivity contribution is 0.0600. The first kappa shape index (κ1) is 13.7. The third-order valence-electron chi connectivity index (χ3n) is 3.23. The quantitative estimate of drug-likeness (QED) is 0.747. The number of ether oxygens (including phenoxy) is 2. The standard InChI is InChI=1S/C13H19N3O3/c1-3-16(8-10-5-4-6-19-10)12-11(13(17)18-2)7-14-9-15-12/h7,9-10H,3-6,8H2,1-2H3.